The fraction of sp³-hybridized carbons (Fsp3) is 0.400. The van der Waals surface area contributed by atoms with Crippen molar-refractivity contribution in [2.75, 3.05) is 6.54 Å². The summed E-state index contributed by atoms with van der Waals surface area (Å²) in [7, 11) is 1.79. The third-order valence-corrected chi connectivity index (χ3v) is 3.28. The van der Waals surface area contributed by atoms with E-state index >= 15 is 0 Å². The van der Waals surface area contributed by atoms with E-state index in [4.69, 9.17) is 0 Å². The fourth-order valence-electron chi connectivity index (χ4n) is 2.23. The summed E-state index contributed by atoms with van der Waals surface area (Å²) in [4.78, 5) is 0. The van der Waals surface area contributed by atoms with Crippen molar-refractivity contribution in [1.29, 1.82) is 0 Å². The molecule has 0 amide bonds. The van der Waals surface area contributed by atoms with Gasteiger partial charge in [0.25, 0.3) is 0 Å². The van der Waals surface area contributed by atoms with Gasteiger partial charge in [-0.1, -0.05) is 13.0 Å². The van der Waals surface area contributed by atoms with Crippen LogP contribution in [-0.2, 0) is 13.5 Å². The molecule has 21 heavy (non-hydrogen) atoms. The van der Waals surface area contributed by atoms with Crippen molar-refractivity contribution in [1.82, 2.24) is 15.1 Å². The Balaban J connectivity index is 2.29. The Hall–Kier alpha value is -1.82. The number of rotatable bonds is 6. The molecule has 0 saturated carbocycles. The Morgan fingerprint density at radius 1 is 1.24 bits per heavy atom. The largest absolute Gasteiger partial charge is 0.310 e. The molecule has 0 fully saturated rings. The molecule has 2 aromatic rings. The molecule has 1 atom stereocenters. The van der Waals surface area contributed by atoms with E-state index < -0.39 is 23.5 Å². The lowest BCUT2D eigenvalue weighted by atomic mass is 9.99. The predicted octanol–water partition coefficient (Wildman–Crippen LogP) is 3.12. The van der Waals surface area contributed by atoms with Crippen LogP contribution in [0.15, 0.2) is 24.5 Å². The first kappa shape index (κ1) is 15.6. The van der Waals surface area contributed by atoms with Crippen LogP contribution in [0.4, 0.5) is 13.2 Å². The van der Waals surface area contributed by atoms with Gasteiger partial charge in [-0.3, -0.25) is 4.68 Å². The van der Waals surface area contributed by atoms with Crippen LogP contribution in [0.3, 0.4) is 0 Å². The van der Waals surface area contributed by atoms with Crippen LogP contribution < -0.4 is 5.32 Å². The van der Waals surface area contributed by atoms with Crippen LogP contribution in [0.25, 0.3) is 0 Å². The van der Waals surface area contributed by atoms with Crippen molar-refractivity contribution in [3.05, 3.63) is 53.1 Å². The van der Waals surface area contributed by atoms with Gasteiger partial charge in [0.05, 0.1) is 6.20 Å². The molecular weight excluding hydrogens is 279 g/mol. The van der Waals surface area contributed by atoms with E-state index in [0.717, 1.165) is 18.1 Å². The third kappa shape index (κ3) is 3.64. The van der Waals surface area contributed by atoms with Crippen molar-refractivity contribution in [3.8, 4) is 0 Å². The lowest BCUT2D eigenvalue weighted by molar-refractivity contribution is 0.423. The number of aryl methyl sites for hydroxylation is 1. The number of aromatic nitrogens is 2. The summed E-state index contributed by atoms with van der Waals surface area (Å²) in [6, 6.07) is 1.82. The van der Waals surface area contributed by atoms with E-state index in [0.29, 0.717) is 13.0 Å². The molecule has 114 valence electrons. The highest BCUT2D eigenvalue weighted by Crippen LogP contribution is 2.24. The fourth-order valence-corrected chi connectivity index (χ4v) is 2.23. The maximum absolute atomic E-state index is 14.0. The Labute approximate surface area is 121 Å². The van der Waals surface area contributed by atoms with Gasteiger partial charge in [-0.15, -0.1) is 0 Å². The van der Waals surface area contributed by atoms with Gasteiger partial charge in [-0.05, 0) is 31.0 Å². The molecule has 1 aromatic heterocycles. The first-order chi connectivity index (χ1) is 10.0. The second-order valence-electron chi connectivity index (χ2n) is 5.00. The first-order valence-corrected chi connectivity index (χ1v) is 6.87. The summed E-state index contributed by atoms with van der Waals surface area (Å²) in [5, 5.41) is 7.22. The average molecular weight is 297 g/mol. The SMILES string of the molecule is CCCNC(Cc1cnn(C)c1)c1ccc(F)c(F)c1F. The van der Waals surface area contributed by atoms with Crippen molar-refractivity contribution in [2.45, 2.75) is 25.8 Å². The quantitative estimate of drug-likeness (QED) is 0.830. The maximum Gasteiger partial charge on any atom is 0.194 e. The molecule has 0 aliphatic rings. The van der Waals surface area contributed by atoms with Gasteiger partial charge in [0.15, 0.2) is 17.5 Å². The van der Waals surface area contributed by atoms with Crippen LogP contribution in [0.5, 0.6) is 0 Å². The van der Waals surface area contributed by atoms with Crippen LogP contribution in [0.2, 0.25) is 0 Å². The number of hydrogen-bond donors (Lipinski definition) is 1. The molecule has 6 heteroatoms. The van der Waals surface area contributed by atoms with Crippen molar-refractivity contribution < 1.29 is 13.2 Å². The molecule has 0 bridgehead atoms. The minimum Gasteiger partial charge on any atom is -0.310 e. The molecule has 0 aliphatic carbocycles. The number of nitrogens with zero attached hydrogens (tertiary/aromatic N) is 2. The zero-order valence-corrected chi connectivity index (χ0v) is 12.0. The zero-order valence-electron chi connectivity index (χ0n) is 12.0. The van der Waals surface area contributed by atoms with Crippen molar-refractivity contribution in [2.24, 2.45) is 7.05 Å². The lowest BCUT2D eigenvalue weighted by Gasteiger charge is -2.19. The first-order valence-electron chi connectivity index (χ1n) is 6.87. The Morgan fingerprint density at radius 2 is 2.00 bits per heavy atom. The van der Waals surface area contributed by atoms with Gasteiger partial charge in [0.1, 0.15) is 0 Å². The molecule has 1 unspecified atom stereocenters. The van der Waals surface area contributed by atoms with Crippen molar-refractivity contribution >= 4 is 0 Å². The molecule has 2 rings (SSSR count). The highest BCUT2D eigenvalue weighted by Gasteiger charge is 2.21. The summed E-state index contributed by atoms with van der Waals surface area (Å²) < 4.78 is 42.1. The van der Waals surface area contributed by atoms with Crippen LogP contribution in [-0.4, -0.2) is 16.3 Å². The van der Waals surface area contributed by atoms with Gasteiger partial charge in [-0.25, -0.2) is 13.2 Å². The normalized spacial score (nSPS) is 12.6. The number of benzene rings is 1. The highest BCUT2D eigenvalue weighted by atomic mass is 19.2. The summed E-state index contributed by atoms with van der Waals surface area (Å²) in [5.74, 6) is -3.73. The summed E-state index contributed by atoms with van der Waals surface area (Å²) >= 11 is 0. The van der Waals surface area contributed by atoms with E-state index in [-0.39, 0.29) is 5.56 Å². The molecule has 0 radical (unpaired) electrons. The molecule has 1 N–H and O–H groups in total. The van der Waals surface area contributed by atoms with Crippen LogP contribution in [0.1, 0.15) is 30.5 Å². The topological polar surface area (TPSA) is 29.9 Å². The second kappa shape index (κ2) is 6.76. The van der Waals surface area contributed by atoms with Crippen molar-refractivity contribution in [3.63, 3.8) is 0 Å². The second-order valence-corrected chi connectivity index (χ2v) is 5.00. The number of hydrogen-bond acceptors (Lipinski definition) is 2. The maximum atomic E-state index is 14.0. The molecular formula is C15H18F3N3. The minimum absolute atomic E-state index is 0.131. The minimum atomic E-state index is -1.43. The van der Waals surface area contributed by atoms with E-state index in [1.54, 1.807) is 17.9 Å². The molecule has 3 nitrogen and oxygen atoms in total. The number of nitrogens with one attached hydrogen (secondary N) is 1. The smallest absolute Gasteiger partial charge is 0.194 e. The van der Waals surface area contributed by atoms with Gasteiger partial charge in [0, 0.05) is 24.8 Å². The third-order valence-electron chi connectivity index (χ3n) is 3.28. The molecule has 0 saturated heterocycles. The monoisotopic (exact) mass is 297 g/mol. The van der Waals surface area contributed by atoms with Crippen LogP contribution in [0, 0.1) is 17.5 Å². The van der Waals surface area contributed by atoms with Gasteiger partial charge in [0.2, 0.25) is 0 Å². The zero-order chi connectivity index (χ0) is 15.4. The Kier molecular flexibility index (Phi) is 5.01. The van der Waals surface area contributed by atoms with Gasteiger partial charge < -0.3 is 5.32 Å². The molecule has 1 heterocycles. The Morgan fingerprint density at radius 3 is 2.62 bits per heavy atom. The van der Waals surface area contributed by atoms with Crippen LogP contribution >= 0.6 is 0 Å². The van der Waals surface area contributed by atoms with Gasteiger partial charge in [-0.2, -0.15) is 5.10 Å². The molecule has 0 aliphatic heterocycles. The average Bonchev–Trinajstić information content (AvgIpc) is 2.87. The standard InChI is InChI=1S/C15H18F3N3/c1-3-6-19-13(7-10-8-20-21(2)9-10)11-4-5-12(16)15(18)14(11)17/h4-5,8-9,13,19H,3,6-7H2,1-2H3. The highest BCUT2D eigenvalue weighted by molar-refractivity contribution is 5.25. The summed E-state index contributed by atoms with van der Waals surface area (Å²) in [6.07, 6.45) is 4.81. The Bertz CT molecular complexity index is 610. The number of halogens is 3. The van der Waals surface area contributed by atoms with E-state index in [9.17, 15) is 13.2 Å². The molecule has 0 spiro atoms. The lowest BCUT2D eigenvalue weighted by Crippen LogP contribution is -2.25. The van der Waals surface area contributed by atoms with E-state index in [1.165, 1.54) is 6.07 Å². The predicted molar refractivity (Wildman–Crippen MR) is 74.3 cm³/mol. The summed E-state index contributed by atoms with van der Waals surface area (Å²) in [5.41, 5.74) is 1.03. The molecule has 1 aromatic carbocycles. The van der Waals surface area contributed by atoms with E-state index in [1.807, 2.05) is 13.1 Å². The van der Waals surface area contributed by atoms with Gasteiger partial charge >= 0.3 is 0 Å². The summed E-state index contributed by atoms with van der Waals surface area (Å²) in [6.45, 7) is 2.64. The van der Waals surface area contributed by atoms with E-state index in [2.05, 4.69) is 10.4 Å².